The van der Waals surface area contributed by atoms with Gasteiger partial charge in [0, 0.05) is 66.7 Å². The van der Waals surface area contributed by atoms with E-state index < -0.39 is 302 Å². The maximum absolute atomic E-state index is 15.4. The van der Waals surface area contributed by atoms with E-state index in [9.17, 15) is 121 Å². The predicted molar refractivity (Wildman–Crippen MR) is 337 cm³/mol. The number of aliphatic hydroxyl groups is 18. The molecule has 43 heteroatoms. The molecule has 0 aromatic rings. The van der Waals surface area contributed by atoms with E-state index in [1.54, 1.807) is 0 Å². The van der Waals surface area contributed by atoms with Gasteiger partial charge in [0.15, 0.2) is 43.5 Å². The van der Waals surface area contributed by atoms with Crippen LogP contribution in [0.1, 0.15) is 78.1 Å². The predicted octanol–water partition coefficient (Wildman–Crippen LogP) is -13.2. The van der Waals surface area contributed by atoms with Crippen molar-refractivity contribution in [1.29, 1.82) is 0 Å². The van der Waals surface area contributed by atoms with Crippen LogP contribution in [-0.2, 0) is 95.0 Å². The van der Waals surface area contributed by atoms with Crippen molar-refractivity contribution in [2.45, 2.75) is 298 Å². The summed E-state index contributed by atoms with van der Waals surface area (Å²) in [6, 6.07) is -3.62. The Morgan fingerprint density at radius 3 is 1.52 bits per heavy atom. The number of rotatable bonds is 32. The molecule has 8 rings (SSSR count). The number of hydrogen-bond acceptors (Lipinski definition) is 39. The van der Waals surface area contributed by atoms with Crippen LogP contribution in [0.15, 0.2) is 0 Å². The van der Waals surface area contributed by atoms with E-state index in [4.69, 9.17) is 71.1 Å². The lowest BCUT2D eigenvalue weighted by Gasteiger charge is -2.52. The maximum atomic E-state index is 15.4. The van der Waals surface area contributed by atoms with Crippen LogP contribution in [0.2, 0.25) is 0 Å². The summed E-state index contributed by atoms with van der Waals surface area (Å²) in [5.74, 6) is -3.79. The first-order valence-electron chi connectivity index (χ1n) is 35.0. The number of ether oxygens (including phenoxy) is 15. The summed E-state index contributed by atoms with van der Waals surface area (Å²) >= 11 is 0. The van der Waals surface area contributed by atoms with Gasteiger partial charge >= 0.3 is 0 Å². The molecule has 7 saturated heterocycles. The second-order valence-corrected chi connectivity index (χ2v) is 27.3. The number of hydrogen-bond donors (Lipinski definition) is 21. The zero-order chi connectivity index (χ0) is 78.7. The fourth-order valence-corrected chi connectivity index (χ4v) is 14.1. The summed E-state index contributed by atoms with van der Waals surface area (Å²) < 4.78 is 103. The molecule has 8 aliphatic rings. The van der Waals surface area contributed by atoms with E-state index in [0.717, 1.165) is 34.5 Å². The Morgan fingerprint density at radius 2 is 0.963 bits per heavy atom. The lowest BCUT2D eigenvalue weighted by atomic mass is 9.89. The number of Topliss-reactive ketones (excluding diaryl/α,β-unsaturated/α-hetero) is 1. The second-order valence-electron chi connectivity index (χ2n) is 27.3. The first kappa shape index (κ1) is 88.3. The van der Waals surface area contributed by atoms with Gasteiger partial charge in [0.05, 0.1) is 57.9 Å². The summed E-state index contributed by atoms with van der Waals surface area (Å²) in [7, 11) is 2.17. The quantitative estimate of drug-likeness (QED) is 0.0220. The first-order valence-corrected chi connectivity index (χ1v) is 35.0. The summed E-state index contributed by atoms with van der Waals surface area (Å²) in [5, 5.41) is 222. The van der Waals surface area contributed by atoms with Crippen LogP contribution >= 0.6 is 0 Å². The fraction of sp³-hybridized carbons (Fsp3) is 0.891. The van der Waals surface area contributed by atoms with Gasteiger partial charge in [0.1, 0.15) is 159 Å². The summed E-state index contributed by atoms with van der Waals surface area (Å²) in [5.41, 5.74) is -2.32. The van der Waals surface area contributed by atoms with E-state index in [1.807, 2.05) is 0 Å². The average Bonchev–Trinajstić information content (AvgIpc) is 0.759. The molecule has 1 aliphatic carbocycles. The SMILES string of the molecule is CO[C@@H]1OC(CO)[C@@H](O[C@@H]2OC(CO)[C@H](O[C@H]3OC(CO)[C@@H](OC)[C@H](O[C@@H]4OC(CO)[C@@H](O[C@@H]5OC(CO)[C@H](O)[C@H](O[C@@]6(C(=O)[O-])C[C@@H](O)[C@H](NC(C)=O)C(C(O)CNC(=O)CCCCC(=O)C7(F)C#CCCCCC7)O6)C5O)[C@H](O)C4NC(C)=O)C3O)[C@H](O[C@@H]3OC(CO)[C@@H](O)[C@H](O)C3O)C2O)[C@H](O)C1O. The number of aliphatic carboxylic acids is 1. The lowest BCUT2D eigenvalue weighted by Crippen LogP contribution is -2.72. The highest BCUT2D eigenvalue weighted by atomic mass is 19.1. The number of ketones is 1. The van der Waals surface area contributed by atoms with Gasteiger partial charge in [-0.05, 0) is 25.7 Å². The number of carbonyl (C=O) groups is 5. The Kier molecular flexibility index (Phi) is 32.6. The van der Waals surface area contributed by atoms with Crippen LogP contribution in [-0.4, -0.2) is 402 Å². The number of carbonyl (C=O) groups excluding carboxylic acids is 5. The number of methoxy groups -OCH3 is 2. The molecule has 614 valence electrons. The number of carboxylic acids is 1. The molecule has 107 heavy (non-hydrogen) atoms. The molecule has 0 spiro atoms. The Labute approximate surface area is 610 Å². The number of unbranched alkanes of at least 4 members (excludes halogenated alkanes) is 1. The standard InChI is InChI=1S/C64H102FN3O39/c1-24(75)67-36-26(77)16-64(62(91)92,106-48(36)27(78)17-66-35(80)13-9-8-12-34(79)63(65)14-10-6-5-7-11-15-63)107-53-39(82)29(19-70)96-59(45(53)88)101-49-30(20-71)97-56(37(40(49)83)68-25(2)76)104-54-46(89)61(99-32(22-73)51(54)93-3)103-52-33(23-74)100-60(102-50-31(21-72)98-57(94-4)44(87)42(50)85)47(90)55(52)105-58-43(86)41(84)38(81)28(18-69)95-58/h26-33,36-61,69-74,77-78,81-90H,5-10,12-14,16-23H2,1-4H3,(H,66,80)(H,67,75)(H,68,76)(H,91,92)/p-1/t26-,27?,28?,29?,30?,31?,32?,33?,36+,37?,38-,39+,40-,41+,42-,43?,44?,45?,46?,47?,48?,49-,50-,51-,52+,53+,54-,55-,56+,57-,58+,59+,60+,61-,63?,64-/m1/s1. The van der Waals surface area contributed by atoms with Gasteiger partial charge in [0.25, 0.3) is 0 Å². The topological polar surface area (TPSA) is 647 Å². The lowest BCUT2D eigenvalue weighted by molar-refractivity contribution is -0.411. The number of carboxylic acid groups (broad SMARTS) is 1. The highest BCUT2D eigenvalue weighted by molar-refractivity contribution is 5.90. The number of halogens is 1. The molecule has 42 nitrogen and oxygen atoms in total. The largest absolute Gasteiger partial charge is 0.544 e. The van der Waals surface area contributed by atoms with Gasteiger partial charge in [0.2, 0.25) is 29.2 Å². The third kappa shape index (κ3) is 20.4. The number of aliphatic hydroxyl groups excluding tert-OH is 18. The minimum atomic E-state index is -3.34. The summed E-state index contributed by atoms with van der Waals surface area (Å²) in [6.45, 7) is -5.25. The van der Waals surface area contributed by atoms with Gasteiger partial charge in [-0.2, -0.15) is 0 Å². The molecule has 0 aromatic carbocycles. The van der Waals surface area contributed by atoms with E-state index in [-0.39, 0.29) is 32.1 Å². The summed E-state index contributed by atoms with van der Waals surface area (Å²) in [4.78, 5) is 64.8. The Balaban J connectivity index is 1.00. The third-order valence-electron chi connectivity index (χ3n) is 19.8. The number of amides is 3. The van der Waals surface area contributed by atoms with Crippen LogP contribution < -0.4 is 21.1 Å². The van der Waals surface area contributed by atoms with E-state index in [2.05, 4.69) is 27.8 Å². The molecule has 21 N–H and O–H groups in total. The minimum Gasteiger partial charge on any atom is -0.544 e. The van der Waals surface area contributed by atoms with Crippen molar-refractivity contribution in [2.75, 3.05) is 60.4 Å². The second kappa shape index (κ2) is 39.5. The Morgan fingerprint density at radius 1 is 0.505 bits per heavy atom. The van der Waals surface area contributed by atoms with Crippen molar-refractivity contribution in [3.63, 3.8) is 0 Å². The molecule has 15 unspecified atom stereocenters. The molecule has 36 atom stereocenters. The van der Waals surface area contributed by atoms with Gasteiger partial charge in [-0.1, -0.05) is 18.3 Å². The van der Waals surface area contributed by atoms with Crippen molar-refractivity contribution in [3.05, 3.63) is 0 Å². The minimum absolute atomic E-state index is 0.0613. The molecular weight excluding hydrogens is 1450 g/mol. The molecule has 7 heterocycles. The van der Waals surface area contributed by atoms with Crippen LogP contribution in [0, 0.1) is 11.8 Å². The molecule has 7 fully saturated rings. The zero-order valence-corrected chi connectivity index (χ0v) is 58.7. The van der Waals surface area contributed by atoms with Gasteiger partial charge < -0.3 is 189 Å². The van der Waals surface area contributed by atoms with Crippen LogP contribution in [0.3, 0.4) is 0 Å². The third-order valence-corrected chi connectivity index (χ3v) is 19.8. The van der Waals surface area contributed by atoms with E-state index in [1.165, 1.54) is 0 Å². The zero-order valence-electron chi connectivity index (χ0n) is 58.7. The monoisotopic (exact) mass is 1550 g/mol. The van der Waals surface area contributed by atoms with Crippen molar-refractivity contribution in [3.8, 4) is 11.8 Å². The Hall–Kier alpha value is -4.28. The molecule has 7 aliphatic heterocycles. The average molecular weight is 1560 g/mol. The Bertz CT molecular complexity index is 2930. The van der Waals surface area contributed by atoms with Crippen molar-refractivity contribution in [2.24, 2.45) is 0 Å². The highest BCUT2D eigenvalue weighted by Gasteiger charge is 2.61. The van der Waals surface area contributed by atoms with Crippen LogP contribution in [0.4, 0.5) is 4.39 Å². The molecule has 3 amide bonds. The van der Waals surface area contributed by atoms with Crippen LogP contribution in [0.5, 0.6) is 0 Å². The van der Waals surface area contributed by atoms with Crippen LogP contribution in [0.25, 0.3) is 0 Å². The van der Waals surface area contributed by atoms with E-state index >= 15 is 4.39 Å². The van der Waals surface area contributed by atoms with Crippen molar-refractivity contribution >= 4 is 29.5 Å². The normalized spacial score (nSPS) is 44.4. The van der Waals surface area contributed by atoms with Gasteiger partial charge in [-0.15, -0.1) is 0 Å². The van der Waals surface area contributed by atoms with Crippen molar-refractivity contribution in [1.82, 2.24) is 16.0 Å². The highest BCUT2D eigenvalue weighted by Crippen LogP contribution is 2.41. The first-order chi connectivity index (χ1) is 50.8. The number of nitrogens with one attached hydrogen (secondary N) is 3. The summed E-state index contributed by atoms with van der Waals surface area (Å²) in [6.07, 6.45) is -64.0. The van der Waals surface area contributed by atoms with Gasteiger partial charge in [-0.25, -0.2) is 4.39 Å². The molecule has 0 radical (unpaired) electrons. The molecule has 0 bridgehead atoms. The molecule has 0 aromatic heterocycles. The molecular formula is C64H101FN3O39-. The van der Waals surface area contributed by atoms with E-state index in [0.29, 0.717) is 19.3 Å². The number of alkyl halides is 1. The smallest absolute Gasteiger partial charge is 0.228 e. The maximum Gasteiger partial charge on any atom is 0.228 e. The fourth-order valence-electron chi connectivity index (χ4n) is 14.1. The van der Waals surface area contributed by atoms with Crippen molar-refractivity contribution < 1.29 is 196 Å². The van der Waals surface area contributed by atoms with Gasteiger partial charge in [-0.3, -0.25) is 19.2 Å². The molecule has 0 saturated carbocycles.